The molecule has 22 heavy (non-hydrogen) atoms. The van der Waals surface area contributed by atoms with Crippen molar-refractivity contribution in [3.05, 3.63) is 52.6 Å². The lowest BCUT2D eigenvalue weighted by molar-refractivity contribution is -0.386. The minimum Gasteiger partial charge on any atom is -0.497 e. The highest BCUT2D eigenvalue weighted by atomic mass is 32.2. The molecule has 0 amide bonds. The zero-order valence-corrected chi connectivity index (χ0v) is 12.8. The molecule has 0 fully saturated rings. The van der Waals surface area contributed by atoms with E-state index in [1.54, 1.807) is 24.3 Å². The van der Waals surface area contributed by atoms with Crippen LogP contribution >= 0.6 is 0 Å². The number of methoxy groups -OCH3 is 1. The summed E-state index contributed by atoms with van der Waals surface area (Å²) in [6.45, 7) is 0. The molecule has 0 spiro atoms. The van der Waals surface area contributed by atoms with Gasteiger partial charge >= 0.3 is 5.69 Å². The molecule has 2 aromatic rings. The standard InChI is InChI=1S/C14H14N2O5S/c1-21-11-8-6-10(7-9-11)15-12-4-3-5-13(22(2,19)20)14(12)16(17)18/h3-9,15H,1-2H3. The number of nitro benzene ring substituents is 1. The van der Waals surface area contributed by atoms with Crippen LogP contribution in [0.3, 0.4) is 0 Å². The first kappa shape index (κ1) is 15.8. The highest BCUT2D eigenvalue weighted by Gasteiger charge is 2.26. The van der Waals surface area contributed by atoms with Crippen LogP contribution in [0.25, 0.3) is 0 Å². The molecule has 0 saturated carbocycles. The van der Waals surface area contributed by atoms with Crippen LogP contribution in [-0.4, -0.2) is 26.7 Å². The normalized spacial score (nSPS) is 11.0. The maximum Gasteiger partial charge on any atom is 0.311 e. The van der Waals surface area contributed by atoms with Gasteiger partial charge in [-0.25, -0.2) is 8.42 Å². The summed E-state index contributed by atoms with van der Waals surface area (Å²) in [7, 11) is -2.17. The van der Waals surface area contributed by atoms with E-state index in [0.29, 0.717) is 11.4 Å². The molecule has 0 unspecified atom stereocenters. The maximum absolute atomic E-state index is 11.7. The quantitative estimate of drug-likeness (QED) is 0.671. The van der Waals surface area contributed by atoms with Crippen molar-refractivity contribution in [1.82, 2.24) is 0 Å². The molecule has 0 aliphatic heterocycles. The summed E-state index contributed by atoms with van der Waals surface area (Å²) < 4.78 is 28.4. The van der Waals surface area contributed by atoms with E-state index in [1.807, 2.05) is 0 Å². The summed E-state index contributed by atoms with van der Waals surface area (Å²) in [5.74, 6) is 0.643. The van der Waals surface area contributed by atoms with Crippen LogP contribution in [0.5, 0.6) is 5.75 Å². The lowest BCUT2D eigenvalue weighted by Gasteiger charge is -2.10. The van der Waals surface area contributed by atoms with Crippen molar-refractivity contribution in [3.63, 3.8) is 0 Å². The Balaban J connectivity index is 2.48. The molecule has 0 aromatic heterocycles. The maximum atomic E-state index is 11.7. The SMILES string of the molecule is COc1ccc(Nc2cccc(S(C)(=O)=O)c2[N+](=O)[O-])cc1. The van der Waals surface area contributed by atoms with Gasteiger partial charge in [0, 0.05) is 11.9 Å². The second kappa shape index (κ2) is 6.02. The molecule has 0 heterocycles. The molecule has 2 aromatic carbocycles. The zero-order chi connectivity index (χ0) is 16.3. The molecule has 0 atom stereocenters. The van der Waals surface area contributed by atoms with Crippen LogP contribution < -0.4 is 10.1 Å². The Hall–Kier alpha value is -2.61. The molecule has 0 bridgehead atoms. The van der Waals surface area contributed by atoms with Gasteiger partial charge in [0.05, 0.1) is 12.0 Å². The van der Waals surface area contributed by atoms with Gasteiger partial charge in [-0.2, -0.15) is 0 Å². The van der Waals surface area contributed by atoms with Crippen molar-refractivity contribution in [2.75, 3.05) is 18.7 Å². The van der Waals surface area contributed by atoms with Gasteiger partial charge in [-0.05, 0) is 36.4 Å². The molecule has 2 rings (SSSR count). The third-order valence-corrected chi connectivity index (χ3v) is 4.08. The molecule has 8 heteroatoms. The number of hydrogen-bond donors (Lipinski definition) is 1. The smallest absolute Gasteiger partial charge is 0.311 e. The Bertz CT molecular complexity index is 800. The Kier molecular flexibility index (Phi) is 4.32. The van der Waals surface area contributed by atoms with Gasteiger partial charge < -0.3 is 10.1 Å². The van der Waals surface area contributed by atoms with Gasteiger partial charge in [0.1, 0.15) is 16.3 Å². The first-order valence-electron chi connectivity index (χ1n) is 6.21. The van der Waals surface area contributed by atoms with E-state index < -0.39 is 20.4 Å². The van der Waals surface area contributed by atoms with E-state index in [4.69, 9.17) is 4.74 Å². The number of para-hydroxylation sites is 1. The molecule has 0 aliphatic carbocycles. The first-order chi connectivity index (χ1) is 10.3. The summed E-state index contributed by atoms with van der Waals surface area (Å²) in [5.41, 5.74) is 0.216. The largest absolute Gasteiger partial charge is 0.497 e. The minimum atomic E-state index is -3.71. The van der Waals surface area contributed by atoms with Gasteiger partial charge in [-0.3, -0.25) is 10.1 Å². The average Bonchev–Trinajstić information content (AvgIpc) is 2.46. The third-order valence-electron chi connectivity index (χ3n) is 2.95. The Morgan fingerprint density at radius 2 is 1.77 bits per heavy atom. The minimum absolute atomic E-state index is 0.109. The molecule has 7 nitrogen and oxygen atoms in total. The Morgan fingerprint density at radius 1 is 1.14 bits per heavy atom. The molecule has 0 radical (unpaired) electrons. The Morgan fingerprint density at radius 3 is 2.27 bits per heavy atom. The average molecular weight is 322 g/mol. The van der Waals surface area contributed by atoms with Crippen LogP contribution in [0.4, 0.5) is 17.1 Å². The van der Waals surface area contributed by atoms with Gasteiger partial charge in [0.25, 0.3) is 0 Å². The van der Waals surface area contributed by atoms with Crippen molar-refractivity contribution >= 4 is 26.9 Å². The number of nitro groups is 1. The lowest BCUT2D eigenvalue weighted by atomic mass is 10.2. The van der Waals surface area contributed by atoms with E-state index in [9.17, 15) is 18.5 Å². The second-order valence-corrected chi connectivity index (χ2v) is 6.52. The molecule has 0 saturated heterocycles. The summed E-state index contributed by atoms with van der Waals surface area (Å²) in [4.78, 5) is 10.2. The van der Waals surface area contributed by atoms with Crippen LogP contribution in [0.2, 0.25) is 0 Å². The lowest BCUT2D eigenvalue weighted by Crippen LogP contribution is -2.05. The van der Waals surface area contributed by atoms with Gasteiger partial charge in [0.2, 0.25) is 0 Å². The summed E-state index contributed by atoms with van der Waals surface area (Å²) in [6, 6.07) is 10.9. The van der Waals surface area contributed by atoms with E-state index in [0.717, 1.165) is 6.26 Å². The van der Waals surface area contributed by atoms with Crippen molar-refractivity contribution in [2.45, 2.75) is 4.90 Å². The highest BCUT2D eigenvalue weighted by Crippen LogP contribution is 2.34. The monoisotopic (exact) mass is 322 g/mol. The van der Waals surface area contributed by atoms with Crippen molar-refractivity contribution < 1.29 is 18.1 Å². The summed E-state index contributed by atoms with van der Waals surface area (Å²) in [6.07, 6.45) is 0.937. The Labute approximate surface area is 127 Å². The summed E-state index contributed by atoms with van der Waals surface area (Å²) >= 11 is 0. The third kappa shape index (κ3) is 3.34. The fourth-order valence-corrected chi connectivity index (χ4v) is 2.80. The van der Waals surface area contributed by atoms with Crippen LogP contribution in [0, 0.1) is 10.1 Å². The molecule has 1 N–H and O–H groups in total. The number of anilines is 2. The van der Waals surface area contributed by atoms with Crippen LogP contribution in [0.1, 0.15) is 0 Å². The first-order valence-corrected chi connectivity index (χ1v) is 8.10. The topological polar surface area (TPSA) is 98.5 Å². The van der Waals surface area contributed by atoms with E-state index in [-0.39, 0.29) is 10.6 Å². The number of sulfone groups is 1. The number of rotatable bonds is 5. The highest BCUT2D eigenvalue weighted by molar-refractivity contribution is 7.90. The van der Waals surface area contributed by atoms with Crippen molar-refractivity contribution in [1.29, 1.82) is 0 Å². The fourth-order valence-electron chi connectivity index (χ4n) is 1.94. The number of nitrogens with zero attached hydrogens (tertiary/aromatic N) is 1. The number of benzene rings is 2. The fraction of sp³-hybridized carbons (Fsp3) is 0.143. The van der Waals surface area contributed by atoms with Crippen molar-refractivity contribution in [3.8, 4) is 5.75 Å². The predicted octanol–water partition coefficient (Wildman–Crippen LogP) is 2.75. The molecular weight excluding hydrogens is 308 g/mol. The van der Waals surface area contributed by atoms with Crippen molar-refractivity contribution in [2.24, 2.45) is 0 Å². The van der Waals surface area contributed by atoms with E-state index in [2.05, 4.69) is 5.32 Å². The van der Waals surface area contributed by atoms with Gasteiger partial charge in [-0.1, -0.05) is 6.07 Å². The molecule has 0 aliphatic rings. The molecular formula is C14H14N2O5S. The van der Waals surface area contributed by atoms with Crippen LogP contribution in [0.15, 0.2) is 47.4 Å². The van der Waals surface area contributed by atoms with Crippen LogP contribution in [-0.2, 0) is 9.84 Å². The predicted molar refractivity (Wildman–Crippen MR) is 82.5 cm³/mol. The molecule has 116 valence electrons. The van der Waals surface area contributed by atoms with E-state index in [1.165, 1.54) is 25.3 Å². The van der Waals surface area contributed by atoms with Gasteiger partial charge in [-0.15, -0.1) is 0 Å². The van der Waals surface area contributed by atoms with E-state index >= 15 is 0 Å². The number of ether oxygens (including phenoxy) is 1. The number of hydrogen-bond acceptors (Lipinski definition) is 6. The van der Waals surface area contributed by atoms with Gasteiger partial charge in [0.15, 0.2) is 9.84 Å². The second-order valence-electron chi connectivity index (χ2n) is 4.54. The summed E-state index contributed by atoms with van der Waals surface area (Å²) in [5, 5.41) is 14.1. The zero-order valence-electron chi connectivity index (χ0n) is 11.9. The number of nitrogens with one attached hydrogen (secondary N) is 1.